The number of methoxy groups -OCH3 is 1. The maximum atomic E-state index is 12.8. The predicted octanol–water partition coefficient (Wildman–Crippen LogP) is 4.38. The smallest absolute Gasteiger partial charge is 0.261 e. The first-order valence-corrected chi connectivity index (χ1v) is 11.5. The van der Waals surface area contributed by atoms with Crippen LogP contribution in [0.15, 0.2) is 71.6 Å². The van der Waals surface area contributed by atoms with Crippen LogP contribution in [0.2, 0.25) is 0 Å². The third-order valence-electron chi connectivity index (χ3n) is 4.74. The Morgan fingerprint density at radius 1 is 0.875 bits per heavy atom. The van der Waals surface area contributed by atoms with Crippen LogP contribution in [0.3, 0.4) is 0 Å². The summed E-state index contributed by atoms with van der Waals surface area (Å²) in [7, 11) is -2.25. The van der Waals surface area contributed by atoms with Crippen molar-refractivity contribution in [1.29, 1.82) is 0 Å². The number of aryl methyl sites for hydroxylation is 2. The summed E-state index contributed by atoms with van der Waals surface area (Å²) in [6.07, 6.45) is 0. The molecular weight excluding hydrogens is 428 g/mol. The highest BCUT2D eigenvalue weighted by atomic mass is 32.2. The molecule has 0 spiro atoms. The number of anilines is 2. The van der Waals surface area contributed by atoms with E-state index in [4.69, 9.17) is 9.47 Å². The predicted molar refractivity (Wildman–Crippen MR) is 125 cm³/mol. The summed E-state index contributed by atoms with van der Waals surface area (Å²) in [5, 5.41) is 2.79. The van der Waals surface area contributed by atoms with E-state index in [1.165, 1.54) is 12.1 Å². The first kappa shape index (κ1) is 23.3. The van der Waals surface area contributed by atoms with Gasteiger partial charge in [0.05, 0.1) is 11.5 Å². The molecule has 0 aliphatic heterocycles. The first-order valence-electron chi connectivity index (χ1n) is 10.0. The van der Waals surface area contributed by atoms with Crippen LogP contribution < -0.4 is 14.8 Å². The van der Waals surface area contributed by atoms with Crippen LogP contribution in [0.25, 0.3) is 0 Å². The van der Waals surface area contributed by atoms with Gasteiger partial charge in [-0.2, -0.15) is 0 Å². The first-order chi connectivity index (χ1) is 15.3. The van der Waals surface area contributed by atoms with Crippen molar-refractivity contribution in [3.63, 3.8) is 0 Å². The number of benzene rings is 3. The summed E-state index contributed by atoms with van der Waals surface area (Å²) >= 11 is 0. The Kier molecular flexibility index (Phi) is 7.50. The van der Waals surface area contributed by atoms with Crippen LogP contribution in [-0.2, 0) is 14.8 Å². The maximum Gasteiger partial charge on any atom is 0.261 e. The number of rotatable bonds is 9. The molecule has 0 fully saturated rings. The van der Waals surface area contributed by atoms with Crippen molar-refractivity contribution in [2.24, 2.45) is 0 Å². The lowest BCUT2D eigenvalue weighted by molar-refractivity contribution is 0.102. The third kappa shape index (κ3) is 6.09. The molecule has 7 nitrogen and oxygen atoms in total. The van der Waals surface area contributed by atoms with Crippen LogP contribution >= 0.6 is 0 Å². The van der Waals surface area contributed by atoms with Crippen molar-refractivity contribution in [1.82, 2.24) is 0 Å². The highest BCUT2D eigenvalue weighted by molar-refractivity contribution is 7.92. The molecule has 1 amide bonds. The van der Waals surface area contributed by atoms with Crippen molar-refractivity contribution in [3.05, 3.63) is 83.4 Å². The number of hydrogen-bond donors (Lipinski definition) is 2. The molecule has 0 saturated carbocycles. The molecule has 0 heterocycles. The van der Waals surface area contributed by atoms with Crippen LogP contribution in [0.5, 0.6) is 5.75 Å². The van der Waals surface area contributed by atoms with Crippen LogP contribution in [0.4, 0.5) is 11.4 Å². The van der Waals surface area contributed by atoms with Gasteiger partial charge in [-0.15, -0.1) is 0 Å². The van der Waals surface area contributed by atoms with Gasteiger partial charge < -0.3 is 14.8 Å². The molecule has 0 unspecified atom stereocenters. The Labute approximate surface area is 188 Å². The SMILES string of the molecule is COCCOc1ccc(NC(=O)c2cc(S(=O)(=O)Nc3ccc(C)cc3)ccc2C)cc1. The number of ether oxygens (including phenoxy) is 2. The molecule has 168 valence electrons. The largest absolute Gasteiger partial charge is 0.491 e. The lowest BCUT2D eigenvalue weighted by Crippen LogP contribution is -2.17. The van der Waals surface area contributed by atoms with Gasteiger partial charge in [-0.05, 0) is 67.9 Å². The fourth-order valence-electron chi connectivity index (χ4n) is 2.92. The Bertz CT molecular complexity index is 1170. The van der Waals surface area contributed by atoms with E-state index in [-0.39, 0.29) is 10.5 Å². The fraction of sp³-hybridized carbons (Fsp3) is 0.208. The van der Waals surface area contributed by atoms with Gasteiger partial charge in [0.15, 0.2) is 0 Å². The van der Waals surface area contributed by atoms with Crippen LogP contribution in [0.1, 0.15) is 21.5 Å². The highest BCUT2D eigenvalue weighted by Gasteiger charge is 2.18. The Morgan fingerprint density at radius 2 is 1.53 bits per heavy atom. The van der Waals surface area contributed by atoms with Crippen LogP contribution in [0, 0.1) is 13.8 Å². The van der Waals surface area contributed by atoms with E-state index in [0.29, 0.717) is 35.9 Å². The zero-order valence-corrected chi connectivity index (χ0v) is 19.0. The van der Waals surface area contributed by atoms with Crippen LogP contribution in [-0.4, -0.2) is 34.6 Å². The van der Waals surface area contributed by atoms with Crippen molar-refractivity contribution < 1.29 is 22.7 Å². The lowest BCUT2D eigenvalue weighted by Gasteiger charge is -2.12. The van der Waals surface area contributed by atoms with Gasteiger partial charge in [0.2, 0.25) is 0 Å². The topological polar surface area (TPSA) is 93.7 Å². The number of nitrogens with one attached hydrogen (secondary N) is 2. The number of sulfonamides is 1. The van der Waals surface area contributed by atoms with E-state index in [1.54, 1.807) is 56.5 Å². The molecule has 3 rings (SSSR count). The van der Waals surface area contributed by atoms with E-state index < -0.39 is 15.9 Å². The van der Waals surface area contributed by atoms with Gasteiger partial charge in [0.25, 0.3) is 15.9 Å². The second-order valence-electron chi connectivity index (χ2n) is 7.27. The number of carbonyl (C=O) groups is 1. The molecule has 0 aromatic heterocycles. The molecule has 3 aromatic rings. The van der Waals surface area contributed by atoms with E-state index in [1.807, 2.05) is 19.1 Å². The standard InChI is InChI=1S/C24H26N2O5S/c1-17-4-7-20(8-5-17)26-32(28,29)22-13-6-18(2)23(16-22)24(27)25-19-9-11-21(12-10-19)31-15-14-30-3/h4-13,16,26H,14-15H2,1-3H3,(H,25,27). The number of carbonyl (C=O) groups excluding carboxylic acids is 1. The van der Waals surface area contributed by atoms with Crippen molar-refractivity contribution in [2.45, 2.75) is 18.7 Å². The van der Waals surface area contributed by atoms with Gasteiger partial charge >= 0.3 is 0 Å². The zero-order chi connectivity index (χ0) is 23.1. The molecule has 3 aromatic carbocycles. The van der Waals surface area contributed by atoms with E-state index in [9.17, 15) is 13.2 Å². The summed E-state index contributed by atoms with van der Waals surface area (Å²) in [5.41, 5.74) is 2.99. The average molecular weight is 455 g/mol. The Balaban J connectivity index is 1.74. The molecule has 2 N–H and O–H groups in total. The van der Waals surface area contributed by atoms with E-state index >= 15 is 0 Å². The minimum atomic E-state index is -3.85. The second kappa shape index (κ2) is 10.3. The Hall–Kier alpha value is -3.36. The van der Waals surface area contributed by atoms with Gasteiger partial charge in [0, 0.05) is 24.0 Å². The molecule has 0 bridgehead atoms. The highest BCUT2D eigenvalue weighted by Crippen LogP contribution is 2.22. The third-order valence-corrected chi connectivity index (χ3v) is 6.12. The summed E-state index contributed by atoms with van der Waals surface area (Å²) in [5.74, 6) is 0.259. The van der Waals surface area contributed by atoms with Gasteiger partial charge in [0.1, 0.15) is 12.4 Å². The van der Waals surface area contributed by atoms with Crippen molar-refractivity contribution >= 4 is 27.3 Å². The second-order valence-corrected chi connectivity index (χ2v) is 8.95. The zero-order valence-electron chi connectivity index (χ0n) is 18.2. The van der Waals surface area contributed by atoms with Gasteiger partial charge in [-0.1, -0.05) is 23.8 Å². The van der Waals surface area contributed by atoms with E-state index in [0.717, 1.165) is 5.56 Å². The fourth-order valence-corrected chi connectivity index (χ4v) is 4.01. The lowest BCUT2D eigenvalue weighted by atomic mass is 10.1. The maximum absolute atomic E-state index is 12.8. The molecular formula is C24H26N2O5S. The Morgan fingerprint density at radius 3 is 2.19 bits per heavy atom. The molecule has 32 heavy (non-hydrogen) atoms. The van der Waals surface area contributed by atoms with Gasteiger partial charge in [-0.3, -0.25) is 9.52 Å². The number of hydrogen-bond acceptors (Lipinski definition) is 5. The molecule has 0 radical (unpaired) electrons. The molecule has 0 aliphatic carbocycles. The average Bonchev–Trinajstić information content (AvgIpc) is 2.76. The minimum Gasteiger partial charge on any atom is -0.491 e. The molecule has 0 aliphatic rings. The number of amides is 1. The normalized spacial score (nSPS) is 11.1. The summed E-state index contributed by atoms with van der Waals surface area (Å²) in [6, 6.07) is 18.4. The minimum absolute atomic E-state index is 0.00992. The summed E-state index contributed by atoms with van der Waals surface area (Å²) in [4.78, 5) is 12.8. The molecule has 8 heteroatoms. The van der Waals surface area contributed by atoms with Crippen molar-refractivity contribution in [3.8, 4) is 5.75 Å². The summed E-state index contributed by atoms with van der Waals surface area (Å²) < 4.78 is 38.6. The monoisotopic (exact) mass is 454 g/mol. The van der Waals surface area contributed by atoms with Crippen molar-refractivity contribution in [2.75, 3.05) is 30.4 Å². The van der Waals surface area contributed by atoms with Gasteiger partial charge in [-0.25, -0.2) is 8.42 Å². The quantitative estimate of drug-likeness (QED) is 0.468. The molecule has 0 saturated heterocycles. The summed E-state index contributed by atoms with van der Waals surface area (Å²) in [6.45, 7) is 4.59. The molecule has 0 atom stereocenters. The van der Waals surface area contributed by atoms with E-state index in [2.05, 4.69) is 10.0 Å².